The molecule has 9 heteroatoms. The molecule has 0 N–H and O–H groups in total. The predicted octanol–water partition coefficient (Wildman–Crippen LogP) is 3.29. The molecule has 1 aliphatic heterocycles. The Hall–Kier alpha value is -3.09. The van der Waals surface area contributed by atoms with Crippen LogP contribution in [0.15, 0.2) is 53.7 Å². The quantitative estimate of drug-likeness (QED) is 0.425. The van der Waals surface area contributed by atoms with Crippen molar-refractivity contribution < 1.29 is 13.9 Å². The first-order valence-electron chi connectivity index (χ1n) is 9.54. The van der Waals surface area contributed by atoms with Gasteiger partial charge in [0.25, 0.3) is 0 Å². The summed E-state index contributed by atoms with van der Waals surface area (Å²) in [6.45, 7) is 3.08. The summed E-state index contributed by atoms with van der Waals surface area (Å²) in [5.74, 6) is 1.63. The number of anilines is 1. The number of benzene rings is 2. The van der Waals surface area contributed by atoms with Crippen molar-refractivity contribution in [2.45, 2.75) is 5.16 Å². The van der Waals surface area contributed by atoms with Crippen molar-refractivity contribution in [3.8, 4) is 17.5 Å². The average molecular weight is 425 g/mol. The minimum Gasteiger partial charge on any atom is -0.493 e. The molecule has 1 fully saturated rings. The Labute approximate surface area is 178 Å². The van der Waals surface area contributed by atoms with E-state index in [-0.39, 0.29) is 5.82 Å². The number of rotatable bonds is 7. The van der Waals surface area contributed by atoms with Crippen LogP contribution in [0.3, 0.4) is 0 Å². The van der Waals surface area contributed by atoms with Crippen molar-refractivity contribution in [2.75, 3.05) is 43.6 Å². The van der Waals surface area contributed by atoms with E-state index in [0.717, 1.165) is 0 Å². The highest BCUT2D eigenvalue weighted by Crippen LogP contribution is 2.27. The molecule has 0 aliphatic carbocycles. The summed E-state index contributed by atoms with van der Waals surface area (Å²) in [4.78, 5) is 2.09. The highest BCUT2D eigenvalue weighted by atomic mass is 32.2. The lowest BCUT2D eigenvalue weighted by molar-refractivity contribution is 0.122. The molecule has 0 unspecified atom stereocenters. The molecule has 0 atom stereocenters. The summed E-state index contributed by atoms with van der Waals surface area (Å²) in [5.41, 5.74) is 1.23. The van der Waals surface area contributed by atoms with Gasteiger partial charge >= 0.3 is 0 Å². The molecular formula is C21H20FN5O2S. The van der Waals surface area contributed by atoms with Crippen LogP contribution in [0.2, 0.25) is 0 Å². The molecule has 0 spiro atoms. The van der Waals surface area contributed by atoms with Gasteiger partial charge in [0.2, 0.25) is 5.95 Å². The summed E-state index contributed by atoms with van der Waals surface area (Å²) < 4.78 is 26.9. The number of morpholine rings is 1. The third kappa shape index (κ3) is 4.72. The van der Waals surface area contributed by atoms with E-state index in [2.05, 4.69) is 21.2 Å². The molecule has 30 heavy (non-hydrogen) atoms. The van der Waals surface area contributed by atoms with Gasteiger partial charge in [0.1, 0.15) is 11.6 Å². The van der Waals surface area contributed by atoms with E-state index >= 15 is 0 Å². The number of thioether (sulfide) groups is 1. The molecule has 1 aromatic heterocycles. The molecule has 2 heterocycles. The SMILES string of the molecule is N#Cc1cccc(OCCSc2nnc(N3CCOCC3)n2-c2cccc(F)c2)c1. The molecular weight excluding hydrogens is 405 g/mol. The van der Waals surface area contributed by atoms with E-state index in [4.69, 9.17) is 14.7 Å². The average Bonchev–Trinajstić information content (AvgIpc) is 3.21. The first-order chi connectivity index (χ1) is 14.7. The van der Waals surface area contributed by atoms with Gasteiger partial charge in [-0.25, -0.2) is 4.39 Å². The zero-order chi connectivity index (χ0) is 20.8. The zero-order valence-electron chi connectivity index (χ0n) is 16.2. The van der Waals surface area contributed by atoms with E-state index < -0.39 is 0 Å². The van der Waals surface area contributed by atoms with Crippen LogP contribution < -0.4 is 9.64 Å². The number of hydrogen-bond acceptors (Lipinski definition) is 7. The van der Waals surface area contributed by atoms with Crippen LogP contribution in [-0.4, -0.2) is 53.4 Å². The van der Waals surface area contributed by atoms with Crippen LogP contribution in [0.25, 0.3) is 5.69 Å². The lowest BCUT2D eigenvalue weighted by Gasteiger charge is -2.27. The van der Waals surface area contributed by atoms with E-state index in [0.29, 0.717) is 66.8 Å². The number of hydrogen-bond donors (Lipinski definition) is 0. The van der Waals surface area contributed by atoms with Crippen molar-refractivity contribution in [1.82, 2.24) is 14.8 Å². The lowest BCUT2D eigenvalue weighted by Crippen LogP contribution is -2.37. The van der Waals surface area contributed by atoms with Crippen molar-refractivity contribution in [3.05, 3.63) is 59.9 Å². The van der Waals surface area contributed by atoms with Crippen molar-refractivity contribution in [2.24, 2.45) is 0 Å². The number of nitrogens with zero attached hydrogens (tertiary/aromatic N) is 5. The van der Waals surface area contributed by atoms with E-state index in [1.54, 1.807) is 24.3 Å². The lowest BCUT2D eigenvalue weighted by atomic mass is 10.2. The molecule has 0 amide bonds. The fraction of sp³-hybridized carbons (Fsp3) is 0.286. The van der Waals surface area contributed by atoms with E-state index in [1.807, 2.05) is 16.7 Å². The molecule has 2 aromatic carbocycles. The second-order valence-electron chi connectivity index (χ2n) is 6.53. The first kappa shape index (κ1) is 20.2. The van der Waals surface area contributed by atoms with Crippen molar-refractivity contribution in [1.29, 1.82) is 5.26 Å². The molecule has 1 saturated heterocycles. The second kappa shape index (κ2) is 9.61. The second-order valence-corrected chi connectivity index (χ2v) is 7.60. The van der Waals surface area contributed by atoms with Gasteiger partial charge in [-0.05, 0) is 36.4 Å². The van der Waals surface area contributed by atoms with Gasteiger partial charge in [0, 0.05) is 18.8 Å². The van der Waals surface area contributed by atoms with Crippen LogP contribution in [0.4, 0.5) is 10.3 Å². The molecule has 7 nitrogen and oxygen atoms in total. The Balaban J connectivity index is 1.49. The minimum absolute atomic E-state index is 0.314. The summed E-state index contributed by atoms with van der Waals surface area (Å²) in [6.07, 6.45) is 0. The third-order valence-corrected chi connectivity index (χ3v) is 5.42. The summed E-state index contributed by atoms with van der Waals surface area (Å²) in [6, 6.07) is 15.5. The van der Waals surface area contributed by atoms with Crippen molar-refractivity contribution >= 4 is 17.7 Å². The maximum absolute atomic E-state index is 13.9. The number of nitriles is 1. The Bertz CT molecular complexity index is 1050. The largest absolute Gasteiger partial charge is 0.493 e. The van der Waals surface area contributed by atoms with Gasteiger partial charge in [-0.1, -0.05) is 23.9 Å². The molecule has 1 aliphatic rings. The highest BCUT2D eigenvalue weighted by molar-refractivity contribution is 7.99. The fourth-order valence-electron chi connectivity index (χ4n) is 3.11. The summed E-state index contributed by atoms with van der Waals surface area (Å²) >= 11 is 1.48. The molecule has 3 aromatic rings. The van der Waals surface area contributed by atoms with Gasteiger partial charge in [-0.2, -0.15) is 5.26 Å². The topological polar surface area (TPSA) is 76.2 Å². The Morgan fingerprint density at radius 3 is 2.77 bits per heavy atom. The smallest absolute Gasteiger partial charge is 0.232 e. The standard InChI is InChI=1S/C21H20FN5O2S/c22-17-4-2-5-18(14-17)27-20(26-7-9-28-10-8-26)24-25-21(27)30-12-11-29-19-6-1-3-16(13-19)15-23/h1-6,13-14H,7-12H2. The summed E-state index contributed by atoms with van der Waals surface area (Å²) in [5, 5.41) is 18.4. The zero-order valence-corrected chi connectivity index (χ0v) is 17.0. The van der Waals surface area contributed by atoms with E-state index in [9.17, 15) is 4.39 Å². The Morgan fingerprint density at radius 1 is 1.13 bits per heavy atom. The van der Waals surface area contributed by atoms with Gasteiger partial charge < -0.3 is 14.4 Å². The predicted molar refractivity (Wildman–Crippen MR) is 112 cm³/mol. The molecule has 154 valence electrons. The number of halogens is 1. The van der Waals surface area contributed by atoms with E-state index in [1.165, 1.54) is 23.9 Å². The maximum Gasteiger partial charge on any atom is 0.232 e. The Morgan fingerprint density at radius 2 is 1.97 bits per heavy atom. The van der Waals surface area contributed by atoms with Crippen LogP contribution in [0.5, 0.6) is 5.75 Å². The maximum atomic E-state index is 13.9. The van der Waals surface area contributed by atoms with Gasteiger partial charge in [0.05, 0.1) is 37.1 Å². The summed E-state index contributed by atoms with van der Waals surface area (Å²) in [7, 11) is 0. The van der Waals surface area contributed by atoms with Gasteiger partial charge in [0.15, 0.2) is 5.16 Å². The van der Waals surface area contributed by atoms with Crippen LogP contribution in [0.1, 0.15) is 5.56 Å². The number of ether oxygens (including phenoxy) is 2. The first-order valence-corrected chi connectivity index (χ1v) is 10.5. The Kier molecular flexibility index (Phi) is 6.47. The molecule has 0 saturated carbocycles. The minimum atomic E-state index is -0.314. The van der Waals surface area contributed by atoms with Crippen LogP contribution >= 0.6 is 11.8 Å². The van der Waals surface area contributed by atoms with Gasteiger partial charge in [-0.15, -0.1) is 10.2 Å². The normalized spacial score (nSPS) is 13.8. The molecule has 0 radical (unpaired) electrons. The van der Waals surface area contributed by atoms with Crippen LogP contribution in [-0.2, 0) is 4.74 Å². The third-order valence-electron chi connectivity index (χ3n) is 4.52. The van der Waals surface area contributed by atoms with Crippen LogP contribution in [0, 0.1) is 17.1 Å². The molecule has 0 bridgehead atoms. The van der Waals surface area contributed by atoms with Gasteiger partial charge in [-0.3, -0.25) is 4.57 Å². The highest BCUT2D eigenvalue weighted by Gasteiger charge is 2.22. The number of aromatic nitrogens is 3. The van der Waals surface area contributed by atoms with Crippen molar-refractivity contribution in [3.63, 3.8) is 0 Å². The molecule has 4 rings (SSSR count). The fourth-order valence-corrected chi connectivity index (χ4v) is 3.88. The monoisotopic (exact) mass is 425 g/mol.